The van der Waals surface area contributed by atoms with Crippen LogP contribution < -0.4 is 4.74 Å². The van der Waals surface area contributed by atoms with Crippen molar-refractivity contribution in [3.8, 4) is 5.75 Å². The molecule has 1 aromatic heterocycles. The summed E-state index contributed by atoms with van der Waals surface area (Å²) in [6.07, 6.45) is 5.63. The summed E-state index contributed by atoms with van der Waals surface area (Å²) < 4.78 is 5.54. The first-order chi connectivity index (χ1) is 10.2. The summed E-state index contributed by atoms with van der Waals surface area (Å²) in [4.78, 5) is 6.81. The summed E-state index contributed by atoms with van der Waals surface area (Å²) in [6.45, 7) is 13.2. The van der Waals surface area contributed by atoms with Crippen LogP contribution in [-0.4, -0.2) is 16.6 Å². The molecular formula is C18H30N2O. The van der Waals surface area contributed by atoms with Crippen molar-refractivity contribution < 1.29 is 4.74 Å². The molecule has 0 atom stereocenters. The van der Waals surface area contributed by atoms with Gasteiger partial charge in [0.2, 0.25) is 0 Å². The normalized spacial score (nSPS) is 9.05. The third-order valence-electron chi connectivity index (χ3n) is 2.73. The molecule has 0 radical (unpaired) electrons. The average molecular weight is 290 g/mol. The molecule has 118 valence electrons. The van der Waals surface area contributed by atoms with Crippen molar-refractivity contribution in [2.24, 2.45) is 0 Å². The number of rotatable bonds is 4. The minimum Gasteiger partial charge on any atom is -0.493 e. The van der Waals surface area contributed by atoms with Crippen LogP contribution in [0.4, 0.5) is 0 Å². The third kappa shape index (κ3) is 8.18. The van der Waals surface area contributed by atoms with Gasteiger partial charge in [-0.2, -0.15) is 0 Å². The molecule has 3 nitrogen and oxygen atoms in total. The molecule has 3 heteroatoms. The Labute approximate surface area is 129 Å². The second-order valence-corrected chi connectivity index (χ2v) is 4.55. The van der Waals surface area contributed by atoms with E-state index in [4.69, 9.17) is 4.74 Å². The molecule has 0 fully saturated rings. The Morgan fingerprint density at radius 3 is 2.29 bits per heavy atom. The molecule has 1 N–H and O–H groups in total. The molecule has 0 aliphatic carbocycles. The lowest BCUT2D eigenvalue weighted by atomic mass is 10.1. The Kier molecular flexibility index (Phi) is 11.0. The van der Waals surface area contributed by atoms with Crippen LogP contribution >= 0.6 is 0 Å². The number of aromatic nitrogens is 2. The topological polar surface area (TPSA) is 37.9 Å². The maximum atomic E-state index is 5.54. The van der Waals surface area contributed by atoms with Crippen LogP contribution in [0.25, 0.3) is 0 Å². The zero-order valence-corrected chi connectivity index (χ0v) is 14.4. The summed E-state index contributed by atoms with van der Waals surface area (Å²) in [5.41, 5.74) is 3.71. The predicted molar refractivity (Wildman–Crippen MR) is 91.0 cm³/mol. The number of benzene rings is 1. The van der Waals surface area contributed by atoms with E-state index < -0.39 is 0 Å². The molecule has 2 aromatic rings. The van der Waals surface area contributed by atoms with Gasteiger partial charge in [0, 0.05) is 11.9 Å². The Balaban J connectivity index is 0.000000377. The lowest BCUT2D eigenvalue weighted by molar-refractivity contribution is 0.315. The second-order valence-electron chi connectivity index (χ2n) is 4.55. The molecule has 0 saturated carbocycles. The van der Waals surface area contributed by atoms with Crippen LogP contribution in [0, 0.1) is 13.8 Å². The number of hydrogen-bond acceptors (Lipinski definition) is 2. The van der Waals surface area contributed by atoms with Crippen LogP contribution in [0.2, 0.25) is 0 Å². The molecule has 0 bridgehead atoms. The summed E-state index contributed by atoms with van der Waals surface area (Å²) in [5.74, 6) is 1.02. The Morgan fingerprint density at radius 1 is 1.14 bits per heavy atom. The number of imidazole rings is 1. The van der Waals surface area contributed by atoms with E-state index >= 15 is 0 Å². The van der Waals surface area contributed by atoms with E-state index in [2.05, 4.69) is 49.8 Å². The number of nitrogens with zero attached hydrogens (tertiary/aromatic N) is 1. The van der Waals surface area contributed by atoms with Crippen LogP contribution in [-0.2, 0) is 6.42 Å². The molecule has 0 unspecified atom stereocenters. The maximum absolute atomic E-state index is 5.54. The van der Waals surface area contributed by atoms with Crippen LogP contribution in [0.15, 0.2) is 30.7 Å². The maximum Gasteiger partial charge on any atom is 0.122 e. The first kappa shape index (κ1) is 19.2. The van der Waals surface area contributed by atoms with E-state index in [9.17, 15) is 0 Å². The summed E-state index contributed by atoms with van der Waals surface area (Å²) in [7, 11) is 0. The minimum atomic E-state index is 0.809. The number of aromatic amines is 1. The van der Waals surface area contributed by atoms with Crippen molar-refractivity contribution in [3.05, 3.63) is 47.5 Å². The molecule has 2 rings (SSSR count). The van der Waals surface area contributed by atoms with Gasteiger partial charge in [-0.25, -0.2) is 4.98 Å². The fourth-order valence-corrected chi connectivity index (χ4v) is 1.65. The Bertz CT molecular complexity index is 464. The number of nitrogens with one attached hydrogen (secondary N) is 1. The van der Waals surface area contributed by atoms with Crippen molar-refractivity contribution in [1.29, 1.82) is 0 Å². The zero-order chi connectivity index (χ0) is 16.1. The molecule has 0 amide bonds. The predicted octanol–water partition coefficient (Wildman–Crippen LogP) is 5.09. The molecule has 0 aliphatic heterocycles. The molecular weight excluding hydrogens is 260 g/mol. The van der Waals surface area contributed by atoms with Crippen LogP contribution in [0.3, 0.4) is 0 Å². The Hall–Kier alpha value is -1.77. The molecule has 21 heavy (non-hydrogen) atoms. The number of ether oxygens (including phenoxy) is 1. The first-order valence-corrected chi connectivity index (χ1v) is 7.84. The van der Waals surface area contributed by atoms with Gasteiger partial charge in [0.05, 0.1) is 12.9 Å². The minimum absolute atomic E-state index is 0.809. The van der Waals surface area contributed by atoms with E-state index in [-0.39, 0.29) is 0 Å². The van der Waals surface area contributed by atoms with Crippen LogP contribution in [0.5, 0.6) is 5.75 Å². The molecule has 1 heterocycles. The molecule has 1 aromatic carbocycles. The van der Waals surface area contributed by atoms with Gasteiger partial charge in [-0.05, 0) is 38.3 Å². The fraction of sp³-hybridized carbons (Fsp3) is 0.500. The number of aryl methyl sites for hydroxylation is 3. The summed E-state index contributed by atoms with van der Waals surface area (Å²) >= 11 is 0. The monoisotopic (exact) mass is 290 g/mol. The summed E-state index contributed by atoms with van der Waals surface area (Å²) in [5, 5.41) is 0. The highest BCUT2D eigenvalue weighted by molar-refractivity contribution is 5.35. The molecule has 0 aliphatic rings. The van der Waals surface area contributed by atoms with Gasteiger partial charge in [0.15, 0.2) is 0 Å². The lowest BCUT2D eigenvalue weighted by Crippen LogP contribution is -1.96. The van der Waals surface area contributed by atoms with Crippen molar-refractivity contribution >= 4 is 0 Å². The highest BCUT2D eigenvalue weighted by Crippen LogP contribution is 2.18. The van der Waals surface area contributed by atoms with E-state index in [1.807, 2.05) is 26.1 Å². The van der Waals surface area contributed by atoms with Crippen LogP contribution in [0.1, 0.15) is 50.9 Å². The molecule has 0 saturated heterocycles. The van der Waals surface area contributed by atoms with Crippen molar-refractivity contribution in [2.75, 3.05) is 6.61 Å². The van der Waals surface area contributed by atoms with E-state index in [0.29, 0.717) is 0 Å². The van der Waals surface area contributed by atoms with Gasteiger partial charge >= 0.3 is 0 Å². The Morgan fingerprint density at radius 2 is 1.86 bits per heavy atom. The van der Waals surface area contributed by atoms with Gasteiger partial charge in [-0.1, -0.05) is 45.4 Å². The van der Waals surface area contributed by atoms with Crippen molar-refractivity contribution in [2.45, 2.75) is 54.4 Å². The van der Waals surface area contributed by atoms with E-state index in [1.165, 1.54) is 16.8 Å². The SMILES string of the molecule is CC.CCCOc1ccc(C)cc1C.CCc1cnc[nH]1. The quantitative estimate of drug-likeness (QED) is 0.851. The number of H-pyrrole nitrogens is 1. The van der Waals surface area contributed by atoms with Gasteiger partial charge in [-0.15, -0.1) is 0 Å². The van der Waals surface area contributed by atoms with Crippen molar-refractivity contribution in [3.63, 3.8) is 0 Å². The van der Waals surface area contributed by atoms with Gasteiger partial charge < -0.3 is 9.72 Å². The van der Waals surface area contributed by atoms with Gasteiger partial charge in [0.25, 0.3) is 0 Å². The van der Waals surface area contributed by atoms with Crippen molar-refractivity contribution in [1.82, 2.24) is 9.97 Å². The highest BCUT2D eigenvalue weighted by Gasteiger charge is 1.97. The van der Waals surface area contributed by atoms with E-state index in [1.54, 1.807) is 6.33 Å². The zero-order valence-electron chi connectivity index (χ0n) is 14.4. The summed E-state index contributed by atoms with van der Waals surface area (Å²) in [6, 6.07) is 6.27. The average Bonchev–Trinajstić information content (AvgIpc) is 3.03. The lowest BCUT2D eigenvalue weighted by Gasteiger charge is -2.07. The highest BCUT2D eigenvalue weighted by atomic mass is 16.5. The van der Waals surface area contributed by atoms with E-state index in [0.717, 1.165) is 25.2 Å². The smallest absolute Gasteiger partial charge is 0.122 e. The molecule has 0 spiro atoms. The fourth-order valence-electron chi connectivity index (χ4n) is 1.65. The largest absolute Gasteiger partial charge is 0.493 e. The van der Waals surface area contributed by atoms with Gasteiger partial charge in [0.1, 0.15) is 5.75 Å². The number of hydrogen-bond donors (Lipinski definition) is 1. The third-order valence-corrected chi connectivity index (χ3v) is 2.73. The standard InChI is InChI=1S/C11H16O.C5H8N2.C2H6/c1-4-7-12-11-6-5-9(2)8-10(11)3;1-2-5-3-6-4-7-5;1-2/h5-6,8H,4,7H2,1-3H3;3-4H,2H2,1H3,(H,6,7);1-2H3. The first-order valence-electron chi connectivity index (χ1n) is 7.84. The second kappa shape index (κ2) is 12.0. The van der Waals surface area contributed by atoms with Gasteiger partial charge in [-0.3, -0.25) is 0 Å².